The number of aliphatic hydroxyl groups is 3. The highest BCUT2D eigenvalue weighted by atomic mass is 19.1. The SMILES string of the molecule is CCc1cc(OCCCCn2cc(COCCOCCOCCOCCOCCOCCOCCOCCNC(=O)CC[C@H](N)C(=O)O)nn2)ccc1-c1ccc(C[C@H](NC(=O)[C@H](CC(=O)O)NC(=O)[C@H](CO)NC(=O)[C@@H](NC(=O)C(C)(Cc2ccccc2F)NC(=O)[C@@H](NC(=O)CNC(=O)[C@H](Cc2nn[nH]n2)NC(=O)C(C)(C)C(=O)NCCc2cnc[nH]2)[C@@H](C)O)[C@@H](C)O)C(=O)N[C@@H](CCCc2cc(C)cc(C)c2)C(N)=O)cc1. The molecule has 12 amide bonds. The molecule has 0 aliphatic rings. The third-order valence-electron chi connectivity index (χ3n) is 23.3. The Morgan fingerprint density at radius 1 is 0.547 bits per heavy atom. The molecule has 0 aliphatic carbocycles. The molecule has 0 fully saturated rings. The number of hydrogen-bond acceptors (Lipinski definition) is 33. The standard InChI is InChI=1S/C99H143FN22O28/c1-9-67-51-72(150-31-13-12-30-122-57-71(116-121-122)59-149-46-45-148-44-43-147-42-41-146-40-39-145-38-37-144-36-35-143-34-33-142-32-29-104-82(126)26-25-75(101)94(137)138)23-24-73(67)68-21-19-65(20-22-68)50-77(89(132)108-76(87(102)130)18-14-15-66-48-61(2)47-62(3)49-66)109-90(133)79(53-84(128)129)110-91(134)80(58-123)111-92(135)85(63(4)124)114-97(141)99(8,54-69-16-10-11-17-74(69)100)115-93(136)86(64(5)125)113-83(127)56-106-88(131)78(52-81-117-119-120-118-81)112-96(140)98(6,7)95(139)105-28-27-70-55-103-60-107-70/h10-11,16-17,19-24,47-49,51,55,57,60,63-64,75-80,85-86,123-125H,9,12-15,18,25-46,50,52-54,56,58-59,101H2,1-8H3,(H2,102,130)(H,103,107)(H,104,126)(H,105,139)(H,106,131)(H,108,132)(H,109,133)(H,110,134)(H,111,135)(H,112,140)(H,113,127)(H,114,141)(H,115,136)(H,128,129)(H,137,138)(H,117,118,119,120)/t63-,64-,75+,76+,77+,78+,79+,80+,85+,86+,99?/m1/s1. The van der Waals surface area contributed by atoms with Crippen LogP contribution in [0, 0.1) is 25.1 Å². The lowest BCUT2D eigenvalue weighted by molar-refractivity contribution is -0.143. The average molecular weight is 2110 g/mol. The summed E-state index contributed by atoms with van der Waals surface area (Å²) in [5.41, 5.74) is 14.2. The molecule has 22 N–H and O–H groups in total. The minimum Gasteiger partial charge on any atom is -0.494 e. The zero-order chi connectivity index (χ0) is 110. The van der Waals surface area contributed by atoms with Crippen LogP contribution in [-0.4, -0.2) is 352 Å². The predicted molar refractivity (Wildman–Crippen MR) is 534 cm³/mol. The Morgan fingerprint density at radius 2 is 1.13 bits per heavy atom. The fraction of sp³-hybridized carbons (Fsp3) is 0.556. The number of nitrogens with one attached hydrogen (secondary N) is 13. The van der Waals surface area contributed by atoms with E-state index < -0.39 is 187 Å². The number of nitrogens with zero attached hydrogens (tertiary/aromatic N) is 7. The van der Waals surface area contributed by atoms with Crippen molar-refractivity contribution < 1.29 is 140 Å². The van der Waals surface area contributed by atoms with Crippen LogP contribution >= 0.6 is 0 Å². The number of carbonyl (C=O) groups is 14. The summed E-state index contributed by atoms with van der Waals surface area (Å²) in [6.07, 6.45) is 1.82. The van der Waals surface area contributed by atoms with E-state index in [1.54, 1.807) is 35.1 Å². The first-order chi connectivity index (χ1) is 71.7. The van der Waals surface area contributed by atoms with Crippen molar-refractivity contribution in [2.24, 2.45) is 16.9 Å². The molecule has 11 atom stereocenters. The van der Waals surface area contributed by atoms with Crippen LogP contribution in [0.25, 0.3) is 11.1 Å². The van der Waals surface area contributed by atoms with E-state index in [1.165, 1.54) is 38.4 Å². The normalized spacial score (nSPS) is 13.8. The van der Waals surface area contributed by atoms with Gasteiger partial charge in [0.25, 0.3) is 0 Å². The van der Waals surface area contributed by atoms with Gasteiger partial charge in [0.15, 0.2) is 5.82 Å². The van der Waals surface area contributed by atoms with Crippen molar-refractivity contribution in [2.45, 2.75) is 218 Å². The van der Waals surface area contributed by atoms with E-state index >= 15 is 4.39 Å². The Labute approximate surface area is 866 Å². The molecule has 1 unspecified atom stereocenters. The van der Waals surface area contributed by atoms with Gasteiger partial charge in [0.05, 0.1) is 157 Å². The lowest BCUT2D eigenvalue weighted by Crippen LogP contribution is -2.67. The van der Waals surface area contributed by atoms with Crippen LogP contribution in [-0.2, 0) is 157 Å². The number of carboxylic acid groups (broad SMARTS) is 2. The number of ether oxygens (including phenoxy) is 9. The van der Waals surface area contributed by atoms with Crippen molar-refractivity contribution in [3.8, 4) is 16.9 Å². The maximum Gasteiger partial charge on any atom is 0.320 e. The molecule has 824 valence electrons. The number of halogens is 1. The number of amides is 12. The molecule has 0 radical (unpaired) electrons. The van der Waals surface area contributed by atoms with Gasteiger partial charge in [0, 0.05) is 63.6 Å². The Hall–Kier alpha value is -13.9. The Morgan fingerprint density at radius 3 is 1.71 bits per heavy atom. The summed E-state index contributed by atoms with van der Waals surface area (Å²) in [7, 11) is 0. The van der Waals surface area contributed by atoms with Gasteiger partial charge in [0.2, 0.25) is 70.9 Å². The number of aromatic amines is 2. The fourth-order valence-electron chi connectivity index (χ4n) is 15.0. The van der Waals surface area contributed by atoms with Gasteiger partial charge in [-0.3, -0.25) is 71.8 Å². The highest BCUT2D eigenvalue weighted by molar-refractivity contribution is 6.06. The summed E-state index contributed by atoms with van der Waals surface area (Å²) < 4.78 is 67.9. The minimum absolute atomic E-state index is 0.0229. The number of H-pyrrole nitrogens is 2. The molecule has 150 heavy (non-hydrogen) atoms. The van der Waals surface area contributed by atoms with Crippen LogP contribution in [0.3, 0.4) is 0 Å². The van der Waals surface area contributed by atoms with Crippen molar-refractivity contribution in [3.63, 3.8) is 0 Å². The summed E-state index contributed by atoms with van der Waals surface area (Å²) in [6.45, 7) is 16.6. The third-order valence-corrected chi connectivity index (χ3v) is 23.3. The number of imidazole rings is 1. The second-order valence-corrected chi connectivity index (χ2v) is 36.1. The van der Waals surface area contributed by atoms with E-state index in [0.29, 0.717) is 167 Å². The molecule has 0 aliphatic heterocycles. The van der Waals surface area contributed by atoms with Crippen molar-refractivity contribution in [3.05, 3.63) is 160 Å². The number of carbonyl (C=O) groups excluding carboxylic acids is 12. The van der Waals surface area contributed by atoms with E-state index in [4.69, 9.17) is 59.2 Å². The van der Waals surface area contributed by atoms with Gasteiger partial charge in [-0.2, -0.15) is 5.21 Å². The molecule has 0 saturated carbocycles. The smallest absolute Gasteiger partial charge is 0.320 e. The molecule has 3 heterocycles. The highest BCUT2D eigenvalue weighted by Crippen LogP contribution is 2.30. The first-order valence-electron chi connectivity index (χ1n) is 49.4. The molecule has 3 aromatic heterocycles. The number of primary amides is 1. The number of rotatable bonds is 76. The highest BCUT2D eigenvalue weighted by Gasteiger charge is 2.44. The molecular formula is C99H143FN22O28. The summed E-state index contributed by atoms with van der Waals surface area (Å²) in [4.78, 5) is 197. The van der Waals surface area contributed by atoms with E-state index in [-0.39, 0.29) is 62.7 Å². The van der Waals surface area contributed by atoms with E-state index in [9.17, 15) is 87.5 Å². The lowest BCUT2D eigenvalue weighted by Gasteiger charge is -2.34. The molecule has 50 nitrogen and oxygen atoms in total. The zero-order valence-corrected chi connectivity index (χ0v) is 85.6. The van der Waals surface area contributed by atoms with E-state index in [2.05, 4.69) is 99.4 Å². The quantitative estimate of drug-likeness (QED) is 0.0143. The van der Waals surface area contributed by atoms with Crippen molar-refractivity contribution in [1.29, 1.82) is 0 Å². The van der Waals surface area contributed by atoms with Gasteiger partial charge < -0.3 is 143 Å². The van der Waals surface area contributed by atoms with Gasteiger partial charge >= 0.3 is 11.9 Å². The van der Waals surface area contributed by atoms with Gasteiger partial charge in [-0.1, -0.05) is 95.2 Å². The van der Waals surface area contributed by atoms with Gasteiger partial charge in [-0.25, -0.2) is 9.37 Å². The number of aromatic nitrogens is 9. The molecule has 4 aromatic carbocycles. The second kappa shape index (κ2) is 65.9. The number of hydrogen-bond donors (Lipinski definition) is 20. The number of tetrazole rings is 1. The Kier molecular flexibility index (Phi) is 54.0. The van der Waals surface area contributed by atoms with Crippen molar-refractivity contribution in [2.75, 3.05) is 132 Å². The number of nitrogens with two attached hydrogens (primary N) is 2. The summed E-state index contributed by atoms with van der Waals surface area (Å²) in [5.74, 6) is -15.9. The first kappa shape index (κ1) is 123. The minimum atomic E-state index is -2.42. The summed E-state index contributed by atoms with van der Waals surface area (Å²) >= 11 is 0. The van der Waals surface area contributed by atoms with Gasteiger partial charge in [-0.15, -0.1) is 15.3 Å². The van der Waals surface area contributed by atoms with Crippen LogP contribution < -0.4 is 74.7 Å². The number of carboxylic acids is 2. The monoisotopic (exact) mass is 2110 g/mol. The molecule has 0 bridgehead atoms. The van der Waals surface area contributed by atoms with Crippen LogP contribution in [0.4, 0.5) is 4.39 Å². The maximum absolute atomic E-state index is 15.6. The van der Waals surface area contributed by atoms with Crippen LogP contribution in [0.2, 0.25) is 0 Å². The van der Waals surface area contributed by atoms with E-state index in [1.807, 2.05) is 63.4 Å². The van der Waals surface area contributed by atoms with Gasteiger partial charge in [-0.05, 0) is 145 Å². The number of unbranched alkanes of at least 4 members (excludes halogenated alkanes) is 1. The lowest BCUT2D eigenvalue weighted by atomic mass is 9.90. The predicted octanol–water partition coefficient (Wildman–Crippen LogP) is -2.17. The number of aliphatic carboxylic acids is 2. The van der Waals surface area contributed by atoms with Crippen molar-refractivity contribution in [1.82, 2.24) is 104 Å². The Bertz CT molecular complexity index is 5390. The average Bonchev–Trinajstić information content (AvgIpc) is 0.953. The van der Waals surface area contributed by atoms with Crippen LogP contribution in [0.1, 0.15) is 137 Å². The molecule has 51 heteroatoms. The molecular weight excluding hydrogens is 1960 g/mol. The topological polar surface area (TPSA) is 721 Å². The largest absolute Gasteiger partial charge is 0.494 e. The molecule has 7 rings (SSSR count). The van der Waals surface area contributed by atoms with Crippen LogP contribution in [0.15, 0.2) is 104 Å². The summed E-state index contributed by atoms with van der Waals surface area (Å²) in [6, 6.07) is 9.71. The van der Waals surface area contributed by atoms with E-state index in [0.717, 1.165) is 66.6 Å². The third kappa shape index (κ3) is 44.9. The second-order valence-electron chi connectivity index (χ2n) is 36.1. The number of aryl methyl sites for hydroxylation is 5. The molecule has 7 aromatic rings. The fourth-order valence-corrected chi connectivity index (χ4v) is 15.0. The Balaban J connectivity index is 0.885. The maximum atomic E-state index is 15.6. The zero-order valence-electron chi connectivity index (χ0n) is 85.6. The number of benzene rings is 4. The number of aliphatic hydroxyl groups excluding tert-OH is 3. The first-order valence-corrected chi connectivity index (χ1v) is 49.4. The van der Waals surface area contributed by atoms with Crippen LogP contribution in [0.5, 0.6) is 5.75 Å². The molecule has 0 spiro atoms. The molecule has 0 saturated heterocycles. The van der Waals surface area contributed by atoms with Gasteiger partial charge in [0.1, 0.15) is 76.5 Å². The summed E-state index contributed by atoms with van der Waals surface area (Å²) in [5, 5.41) is 100. The van der Waals surface area contributed by atoms with Crippen molar-refractivity contribution >= 4 is 82.8 Å².